The monoisotopic (exact) mass is 380 g/mol. The minimum atomic E-state index is -0.881. The predicted molar refractivity (Wildman–Crippen MR) is 95.2 cm³/mol. The number of hydrogen-bond donors (Lipinski definition) is 1. The highest BCUT2D eigenvalue weighted by atomic mass is 16.8. The Morgan fingerprint density at radius 1 is 0.852 bits per heavy atom. The Morgan fingerprint density at radius 2 is 1.37 bits per heavy atom. The molecule has 27 heavy (non-hydrogen) atoms. The lowest BCUT2D eigenvalue weighted by Crippen LogP contribution is -2.62. The maximum atomic E-state index is 11.0. The molecule has 2 heterocycles. The molecule has 1 aromatic rings. The van der Waals surface area contributed by atoms with Gasteiger partial charge in [0.25, 0.3) is 0 Å². The summed E-state index contributed by atoms with van der Waals surface area (Å²) < 4.78 is 35.4. The van der Waals surface area contributed by atoms with Crippen LogP contribution in [0.4, 0.5) is 0 Å². The Kier molecular flexibility index (Phi) is 4.73. The van der Waals surface area contributed by atoms with Crippen molar-refractivity contribution >= 4 is 0 Å². The van der Waals surface area contributed by atoms with Gasteiger partial charge in [0.05, 0.1) is 13.7 Å². The van der Waals surface area contributed by atoms with Gasteiger partial charge < -0.3 is 33.5 Å². The van der Waals surface area contributed by atoms with Gasteiger partial charge in [-0.05, 0) is 45.4 Å². The second-order valence-corrected chi connectivity index (χ2v) is 8.24. The number of rotatable bonds is 4. The molecule has 1 N–H and O–H groups in total. The molecule has 0 amide bonds. The first-order chi connectivity index (χ1) is 12.7. The number of hydrogen-bond acceptors (Lipinski definition) is 7. The number of fused-ring (bicyclic) bond motifs is 3. The first-order valence-corrected chi connectivity index (χ1v) is 9.33. The molecule has 2 aliphatic heterocycles. The van der Waals surface area contributed by atoms with Gasteiger partial charge in [0.15, 0.2) is 11.6 Å². The van der Waals surface area contributed by atoms with Gasteiger partial charge in [-0.3, -0.25) is 0 Å². The molecule has 7 heteroatoms. The predicted octanol–water partition coefficient (Wildman–Crippen LogP) is 2.00. The van der Waals surface area contributed by atoms with Gasteiger partial charge >= 0.3 is 0 Å². The highest BCUT2D eigenvalue weighted by molar-refractivity contribution is 5.26. The van der Waals surface area contributed by atoms with Crippen LogP contribution >= 0.6 is 0 Å². The lowest BCUT2D eigenvalue weighted by atomic mass is 9.85. The zero-order valence-electron chi connectivity index (χ0n) is 16.4. The van der Waals surface area contributed by atoms with Gasteiger partial charge in [0, 0.05) is 0 Å². The smallest absolute Gasteiger partial charge is 0.164 e. The fraction of sp³-hybridized carbons (Fsp3) is 0.700. The molecule has 1 aliphatic carbocycles. The maximum absolute atomic E-state index is 11.0. The second kappa shape index (κ2) is 6.69. The van der Waals surface area contributed by atoms with Gasteiger partial charge in [-0.1, -0.05) is 12.1 Å². The summed E-state index contributed by atoms with van der Waals surface area (Å²) in [7, 11) is 1.63. The summed E-state index contributed by atoms with van der Waals surface area (Å²) in [6, 6.07) is 7.62. The molecule has 0 bridgehead atoms. The molecule has 2 saturated heterocycles. The normalized spacial score (nSPS) is 39.0. The summed E-state index contributed by atoms with van der Waals surface area (Å²) in [4.78, 5) is 0. The van der Waals surface area contributed by atoms with Crippen LogP contribution in [0.2, 0.25) is 0 Å². The zero-order valence-corrected chi connectivity index (χ0v) is 16.4. The fourth-order valence-electron chi connectivity index (χ4n) is 4.15. The van der Waals surface area contributed by atoms with Crippen LogP contribution in [-0.2, 0) is 30.3 Å². The molecule has 1 saturated carbocycles. The average Bonchev–Trinajstić information content (AvgIpc) is 3.10. The summed E-state index contributed by atoms with van der Waals surface area (Å²) in [6.45, 7) is 7.71. The first-order valence-electron chi connectivity index (χ1n) is 9.33. The Balaban J connectivity index is 1.53. The SMILES string of the molecule is COc1ccc(CO[C@H]2C(O)[C@H]3OC(C)(C)OC3[C@@H]3OC(C)(C)O[C@@H]23)cc1. The Labute approximate surface area is 159 Å². The number of aliphatic hydroxyl groups excluding tert-OH is 1. The molecule has 1 aromatic carbocycles. The summed E-state index contributed by atoms with van der Waals surface area (Å²) in [6.07, 6.45) is -3.20. The van der Waals surface area contributed by atoms with E-state index in [-0.39, 0.29) is 6.10 Å². The molecule has 0 aromatic heterocycles. The molecule has 7 nitrogen and oxygen atoms in total. The highest BCUT2D eigenvalue weighted by Crippen LogP contribution is 2.45. The van der Waals surface area contributed by atoms with E-state index >= 15 is 0 Å². The summed E-state index contributed by atoms with van der Waals surface area (Å²) in [5.74, 6) is -0.781. The van der Waals surface area contributed by atoms with Crippen molar-refractivity contribution in [2.75, 3.05) is 7.11 Å². The van der Waals surface area contributed by atoms with E-state index in [1.165, 1.54) is 0 Å². The van der Waals surface area contributed by atoms with E-state index in [1.807, 2.05) is 52.0 Å². The van der Waals surface area contributed by atoms with Crippen molar-refractivity contribution in [1.29, 1.82) is 0 Å². The lowest BCUT2D eigenvalue weighted by Gasteiger charge is -2.40. The number of methoxy groups -OCH3 is 1. The molecular formula is C20H28O7. The lowest BCUT2D eigenvalue weighted by molar-refractivity contribution is -0.196. The summed E-state index contributed by atoms with van der Waals surface area (Å²) in [5, 5.41) is 11.0. The largest absolute Gasteiger partial charge is 0.497 e. The van der Waals surface area contributed by atoms with Gasteiger partial charge in [0.2, 0.25) is 0 Å². The van der Waals surface area contributed by atoms with Gasteiger partial charge in [-0.15, -0.1) is 0 Å². The first kappa shape index (κ1) is 19.1. The summed E-state index contributed by atoms with van der Waals surface area (Å²) in [5.41, 5.74) is 0.976. The maximum Gasteiger partial charge on any atom is 0.164 e. The van der Waals surface area contributed by atoms with Crippen LogP contribution in [0.15, 0.2) is 24.3 Å². The fourth-order valence-corrected chi connectivity index (χ4v) is 4.15. The number of ether oxygens (including phenoxy) is 6. The van der Waals surface area contributed by atoms with Crippen molar-refractivity contribution in [3.63, 3.8) is 0 Å². The average molecular weight is 380 g/mol. The van der Waals surface area contributed by atoms with E-state index in [0.717, 1.165) is 11.3 Å². The molecule has 4 rings (SSSR count). The summed E-state index contributed by atoms with van der Waals surface area (Å²) >= 11 is 0. The van der Waals surface area contributed by atoms with Crippen molar-refractivity contribution in [3.05, 3.63) is 29.8 Å². The highest BCUT2D eigenvalue weighted by Gasteiger charge is 2.63. The third-order valence-corrected chi connectivity index (χ3v) is 5.25. The molecule has 3 aliphatic rings. The number of benzene rings is 1. The van der Waals surface area contributed by atoms with Crippen LogP contribution in [0.1, 0.15) is 33.3 Å². The van der Waals surface area contributed by atoms with Crippen molar-refractivity contribution < 1.29 is 33.5 Å². The zero-order chi connectivity index (χ0) is 19.4. The van der Waals surface area contributed by atoms with Gasteiger partial charge in [-0.2, -0.15) is 0 Å². The quantitative estimate of drug-likeness (QED) is 0.856. The van der Waals surface area contributed by atoms with Crippen LogP contribution < -0.4 is 4.74 Å². The van der Waals surface area contributed by atoms with E-state index in [4.69, 9.17) is 28.4 Å². The molecular weight excluding hydrogens is 352 g/mol. The van der Waals surface area contributed by atoms with E-state index in [2.05, 4.69) is 0 Å². The third kappa shape index (κ3) is 3.60. The van der Waals surface area contributed by atoms with Crippen LogP contribution in [0.3, 0.4) is 0 Å². The molecule has 150 valence electrons. The van der Waals surface area contributed by atoms with Crippen LogP contribution in [0.5, 0.6) is 5.75 Å². The van der Waals surface area contributed by atoms with Gasteiger partial charge in [0.1, 0.15) is 42.4 Å². The molecule has 0 radical (unpaired) electrons. The van der Waals surface area contributed by atoms with Crippen LogP contribution in [0.25, 0.3) is 0 Å². The Bertz CT molecular complexity index is 671. The van der Waals surface area contributed by atoms with E-state index in [0.29, 0.717) is 6.61 Å². The van der Waals surface area contributed by atoms with Crippen molar-refractivity contribution in [1.82, 2.24) is 0 Å². The van der Waals surface area contributed by atoms with Crippen LogP contribution in [0, 0.1) is 0 Å². The minimum Gasteiger partial charge on any atom is -0.497 e. The van der Waals surface area contributed by atoms with Crippen LogP contribution in [-0.4, -0.2) is 60.4 Å². The number of aliphatic hydroxyl groups is 1. The van der Waals surface area contributed by atoms with E-state index in [9.17, 15) is 5.11 Å². The van der Waals surface area contributed by atoms with E-state index in [1.54, 1.807) is 7.11 Å². The molecule has 2 unspecified atom stereocenters. The Hall–Kier alpha value is -1.22. The third-order valence-electron chi connectivity index (χ3n) is 5.25. The second-order valence-electron chi connectivity index (χ2n) is 8.24. The molecule has 6 atom stereocenters. The minimum absolute atomic E-state index is 0.334. The molecule has 0 spiro atoms. The van der Waals surface area contributed by atoms with Gasteiger partial charge in [-0.25, -0.2) is 0 Å². The van der Waals surface area contributed by atoms with Crippen molar-refractivity contribution in [2.45, 2.75) is 82.5 Å². The van der Waals surface area contributed by atoms with Crippen molar-refractivity contribution in [3.8, 4) is 5.75 Å². The molecule has 3 fully saturated rings. The van der Waals surface area contributed by atoms with E-state index < -0.39 is 42.1 Å². The van der Waals surface area contributed by atoms with Crippen molar-refractivity contribution in [2.24, 2.45) is 0 Å². The standard InChI is InChI=1S/C20H28O7/c1-19(2)24-15-13(21)14(23-10-11-6-8-12(22-5)9-7-11)16-18(17(15)26-19)27-20(3,4)25-16/h6-9,13-18,21H,10H2,1-5H3/t13?,14-,15+,16-,17?,18+/m0/s1. The Morgan fingerprint density at radius 3 is 1.96 bits per heavy atom. The topological polar surface area (TPSA) is 75.6 Å².